The Kier molecular flexibility index (Phi) is 5.73. The van der Waals surface area contributed by atoms with Gasteiger partial charge in [0.15, 0.2) is 0 Å². The highest BCUT2D eigenvalue weighted by molar-refractivity contribution is 4.76. The van der Waals surface area contributed by atoms with Gasteiger partial charge in [-0.1, -0.05) is 13.8 Å². The summed E-state index contributed by atoms with van der Waals surface area (Å²) in [5, 5.41) is 0. The minimum Gasteiger partial charge on any atom is -0.330 e. The van der Waals surface area contributed by atoms with Crippen LogP contribution in [0.3, 0.4) is 0 Å². The number of nitrogens with zero attached hydrogens (tertiary/aromatic N) is 2. The van der Waals surface area contributed by atoms with Gasteiger partial charge in [0.2, 0.25) is 0 Å². The molecule has 1 fully saturated rings. The first-order valence-corrected chi connectivity index (χ1v) is 6.60. The fourth-order valence-electron chi connectivity index (χ4n) is 2.65. The van der Waals surface area contributed by atoms with Gasteiger partial charge < -0.3 is 15.5 Å². The van der Waals surface area contributed by atoms with Crippen molar-refractivity contribution in [3.63, 3.8) is 0 Å². The topological polar surface area (TPSA) is 32.5 Å². The zero-order valence-electron chi connectivity index (χ0n) is 11.4. The summed E-state index contributed by atoms with van der Waals surface area (Å²) < 4.78 is 0. The number of hydrogen-bond donors (Lipinski definition) is 1. The van der Waals surface area contributed by atoms with Crippen molar-refractivity contribution in [2.45, 2.75) is 20.3 Å². The van der Waals surface area contributed by atoms with E-state index >= 15 is 0 Å². The molecule has 0 aromatic rings. The Labute approximate surface area is 101 Å². The molecular formula is C13H29N3. The third kappa shape index (κ3) is 4.40. The van der Waals surface area contributed by atoms with E-state index in [-0.39, 0.29) is 0 Å². The summed E-state index contributed by atoms with van der Waals surface area (Å²) in [4.78, 5) is 4.91. The van der Waals surface area contributed by atoms with Crippen molar-refractivity contribution in [3.8, 4) is 0 Å². The molecule has 0 bridgehead atoms. The van der Waals surface area contributed by atoms with Crippen LogP contribution < -0.4 is 5.73 Å². The molecule has 0 aromatic carbocycles. The van der Waals surface area contributed by atoms with Crippen molar-refractivity contribution in [2.24, 2.45) is 23.5 Å². The lowest BCUT2D eigenvalue weighted by Gasteiger charge is -2.27. The fourth-order valence-corrected chi connectivity index (χ4v) is 2.65. The van der Waals surface area contributed by atoms with Crippen molar-refractivity contribution in [3.05, 3.63) is 0 Å². The molecule has 96 valence electrons. The summed E-state index contributed by atoms with van der Waals surface area (Å²) in [5.74, 6) is 2.20. The van der Waals surface area contributed by atoms with Crippen molar-refractivity contribution in [2.75, 3.05) is 46.8 Å². The Balaban J connectivity index is 2.26. The van der Waals surface area contributed by atoms with E-state index < -0.39 is 0 Å². The highest BCUT2D eigenvalue weighted by Crippen LogP contribution is 2.17. The first kappa shape index (κ1) is 13.9. The Hall–Kier alpha value is -0.120. The first-order valence-electron chi connectivity index (χ1n) is 6.60. The second kappa shape index (κ2) is 6.58. The second-order valence-electron chi connectivity index (χ2n) is 5.88. The average Bonchev–Trinajstić information content (AvgIpc) is 2.60. The third-order valence-corrected chi connectivity index (χ3v) is 3.85. The number of likely N-dealkylation sites (tertiary alicyclic amines) is 1. The van der Waals surface area contributed by atoms with Crippen molar-refractivity contribution < 1.29 is 0 Å². The number of hydrogen-bond acceptors (Lipinski definition) is 3. The van der Waals surface area contributed by atoms with Crippen molar-refractivity contribution in [1.82, 2.24) is 9.80 Å². The van der Waals surface area contributed by atoms with Gasteiger partial charge in [0.25, 0.3) is 0 Å². The predicted molar refractivity (Wildman–Crippen MR) is 70.5 cm³/mol. The number of rotatable bonds is 6. The van der Waals surface area contributed by atoms with E-state index in [2.05, 4.69) is 37.7 Å². The van der Waals surface area contributed by atoms with E-state index in [0.29, 0.717) is 11.8 Å². The molecule has 1 rings (SSSR count). The molecule has 1 aliphatic rings. The lowest BCUT2D eigenvalue weighted by molar-refractivity contribution is 0.212. The highest BCUT2D eigenvalue weighted by Gasteiger charge is 2.22. The van der Waals surface area contributed by atoms with Crippen LogP contribution in [-0.4, -0.2) is 56.6 Å². The van der Waals surface area contributed by atoms with Crippen LogP contribution in [-0.2, 0) is 0 Å². The van der Waals surface area contributed by atoms with Gasteiger partial charge in [-0.15, -0.1) is 0 Å². The predicted octanol–water partition coefficient (Wildman–Crippen LogP) is 1.10. The van der Waals surface area contributed by atoms with E-state index in [1.54, 1.807) is 0 Å². The van der Waals surface area contributed by atoms with Crippen LogP contribution >= 0.6 is 0 Å². The quantitative estimate of drug-likeness (QED) is 0.737. The van der Waals surface area contributed by atoms with Gasteiger partial charge >= 0.3 is 0 Å². The van der Waals surface area contributed by atoms with Crippen molar-refractivity contribution in [1.29, 1.82) is 0 Å². The minimum absolute atomic E-state index is 0.643. The molecule has 2 unspecified atom stereocenters. The van der Waals surface area contributed by atoms with Gasteiger partial charge in [-0.3, -0.25) is 0 Å². The standard InChI is InChI=1S/C13H29N3/c1-11(2)13(7-14)10-16(4)9-12-5-6-15(3)8-12/h11-13H,5-10,14H2,1-4H3. The molecular weight excluding hydrogens is 198 g/mol. The van der Waals surface area contributed by atoms with Crippen LogP contribution in [0, 0.1) is 17.8 Å². The SMILES string of the molecule is CC(C)C(CN)CN(C)CC1CCN(C)C1. The lowest BCUT2D eigenvalue weighted by Crippen LogP contribution is -2.36. The van der Waals surface area contributed by atoms with Gasteiger partial charge in [0, 0.05) is 19.6 Å². The van der Waals surface area contributed by atoms with Crippen LogP contribution in [0.25, 0.3) is 0 Å². The van der Waals surface area contributed by atoms with Gasteiger partial charge in [-0.25, -0.2) is 0 Å². The Bertz CT molecular complexity index is 194. The monoisotopic (exact) mass is 227 g/mol. The van der Waals surface area contributed by atoms with E-state index in [1.165, 1.54) is 26.1 Å². The second-order valence-corrected chi connectivity index (χ2v) is 5.88. The Morgan fingerprint density at radius 2 is 2.12 bits per heavy atom. The van der Waals surface area contributed by atoms with Gasteiger partial charge in [-0.2, -0.15) is 0 Å². The zero-order chi connectivity index (χ0) is 12.1. The van der Waals surface area contributed by atoms with Gasteiger partial charge in [0.05, 0.1) is 0 Å². The molecule has 16 heavy (non-hydrogen) atoms. The van der Waals surface area contributed by atoms with Crippen molar-refractivity contribution >= 4 is 0 Å². The molecule has 0 radical (unpaired) electrons. The Morgan fingerprint density at radius 3 is 2.56 bits per heavy atom. The van der Waals surface area contributed by atoms with Gasteiger partial charge in [0.1, 0.15) is 0 Å². The van der Waals surface area contributed by atoms with Crippen LogP contribution in [0.2, 0.25) is 0 Å². The molecule has 0 spiro atoms. The molecule has 0 aliphatic carbocycles. The molecule has 1 aliphatic heterocycles. The van der Waals surface area contributed by atoms with Crippen LogP contribution in [0.4, 0.5) is 0 Å². The summed E-state index contributed by atoms with van der Waals surface area (Å²) in [6.45, 7) is 10.3. The fraction of sp³-hybridized carbons (Fsp3) is 1.00. The summed E-state index contributed by atoms with van der Waals surface area (Å²) >= 11 is 0. The minimum atomic E-state index is 0.643. The zero-order valence-corrected chi connectivity index (χ0v) is 11.4. The number of nitrogens with two attached hydrogens (primary N) is 1. The van der Waals surface area contributed by atoms with E-state index in [0.717, 1.165) is 19.0 Å². The van der Waals surface area contributed by atoms with E-state index in [1.807, 2.05) is 0 Å². The molecule has 1 heterocycles. The normalized spacial score (nSPS) is 24.6. The maximum atomic E-state index is 5.82. The van der Waals surface area contributed by atoms with Gasteiger partial charge in [-0.05, 0) is 51.4 Å². The first-order chi connectivity index (χ1) is 7.52. The largest absolute Gasteiger partial charge is 0.330 e. The summed E-state index contributed by atoms with van der Waals surface area (Å²) in [6, 6.07) is 0. The molecule has 3 heteroatoms. The Morgan fingerprint density at radius 1 is 1.44 bits per heavy atom. The molecule has 0 amide bonds. The van der Waals surface area contributed by atoms with E-state index in [9.17, 15) is 0 Å². The molecule has 2 atom stereocenters. The molecule has 0 saturated carbocycles. The summed E-state index contributed by atoms with van der Waals surface area (Å²) in [7, 11) is 4.46. The third-order valence-electron chi connectivity index (χ3n) is 3.85. The summed E-state index contributed by atoms with van der Waals surface area (Å²) in [6.07, 6.45) is 1.36. The smallest absolute Gasteiger partial charge is 0.00212 e. The lowest BCUT2D eigenvalue weighted by atomic mass is 9.95. The average molecular weight is 227 g/mol. The van der Waals surface area contributed by atoms with Crippen LogP contribution in [0.15, 0.2) is 0 Å². The molecule has 0 aromatic heterocycles. The maximum Gasteiger partial charge on any atom is 0.00212 e. The highest BCUT2D eigenvalue weighted by atomic mass is 15.1. The molecule has 2 N–H and O–H groups in total. The van der Waals surface area contributed by atoms with Crippen LogP contribution in [0.1, 0.15) is 20.3 Å². The van der Waals surface area contributed by atoms with Crippen LogP contribution in [0.5, 0.6) is 0 Å². The maximum absolute atomic E-state index is 5.82. The molecule has 3 nitrogen and oxygen atoms in total. The summed E-state index contributed by atoms with van der Waals surface area (Å²) in [5.41, 5.74) is 5.82. The molecule has 1 saturated heterocycles. The van der Waals surface area contributed by atoms with E-state index in [4.69, 9.17) is 5.73 Å².